The number of ether oxygens (including phenoxy) is 1. The second-order valence-corrected chi connectivity index (χ2v) is 8.72. The highest BCUT2D eigenvalue weighted by molar-refractivity contribution is 6.18. The number of aromatic nitrogens is 2. The Labute approximate surface area is 183 Å². The number of nitrogens with zero attached hydrogens (tertiary/aromatic N) is 2. The van der Waals surface area contributed by atoms with Crippen LogP contribution in [0, 0.1) is 11.6 Å². The minimum atomic E-state index is -1.12. The molecule has 1 aliphatic rings. The molecule has 1 N–H and O–H groups in total. The highest BCUT2D eigenvalue weighted by atomic mass is 19.2. The minimum absolute atomic E-state index is 0.0235. The number of hydrogen-bond acceptors (Lipinski definition) is 4. The Hall–Kier alpha value is -3.55. The van der Waals surface area contributed by atoms with Crippen molar-refractivity contribution < 1.29 is 23.1 Å². The van der Waals surface area contributed by atoms with Crippen LogP contribution in [0.2, 0.25) is 0 Å². The average Bonchev–Trinajstić information content (AvgIpc) is 3.06. The monoisotopic (exact) mass is 439 g/mol. The Morgan fingerprint density at radius 2 is 1.94 bits per heavy atom. The largest absolute Gasteiger partial charge is 0.459 e. The molecule has 8 heteroatoms. The fourth-order valence-corrected chi connectivity index (χ4v) is 4.06. The van der Waals surface area contributed by atoms with Gasteiger partial charge < -0.3 is 14.6 Å². The number of rotatable bonds is 3. The van der Waals surface area contributed by atoms with Gasteiger partial charge in [-0.25, -0.2) is 18.6 Å². The lowest BCUT2D eigenvalue weighted by Crippen LogP contribution is -2.37. The van der Waals surface area contributed by atoms with Gasteiger partial charge in [0, 0.05) is 35.3 Å². The number of nitrogens with one attached hydrogen (secondary N) is 1. The van der Waals surface area contributed by atoms with Crippen molar-refractivity contribution in [1.82, 2.24) is 14.9 Å². The highest BCUT2D eigenvalue weighted by Crippen LogP contribution is 2.40. The van der Waals surface area contributed by atoms with Gasteiger partial charge in [0.05, 0.1) is 17.4 Å². The molecule has 1 amide bonds. The quantitative estimate of drug-likeness (QED) is 0.607. The molecule has 0 saturated carbocycles. The molecule has 0 fully saturated rings. The Balaban J connectivity index is 1.89. The van der Waals surface area contributed by atoms with E-state index in [-0.39, 0.29) is 23.8 Å². The van der Waals surface area contributed by atoms with E-state index in [4.69, 9.17) is 4.74 Å². The predicted molar refractivity (Wildman–Crippen MR) is 116 cm³/mol. The number of H-pyrrole nitrogens is 1. The summed E-state index contributed by atoms with van der Waals surface area (Å²) < 4.78 is 32.6. The third-order valence-electron chi connectivity index (χ3n) is 5.36. The van der Waals surface area contributed by atoms with Crippen LogP contribution in [0.25, 0.3) is 16.6 Å². The highest BCUT2D eigenvalue weighted by Gasteiger charge is 2.38. The van der Waals surface area contributed by atoms with E-state index >= 15 is 0 Å². The number of esters is 1. The number of halogens is 2. The zero-order valence-corrected chi connectivity index (χ0v) is 18.2. The molecule has 0 radical (unpaired) electrons. The van der Waals surface area contributed by atoms with E-state index in [2.05, 4.69) is 9.97 Å². The van der Waals surface area contributed by atoms with Gasteiger partial charge in [0.25, 0.3) is 5.91 Å². The van der Waals surface area contributed by atoms with Crippen LogP contribution in [-0.4, -0.2) is 39.4 Å². The van der Waals surface area contributed by atoms with Gasteiger partial charge in [-0.3, -0.25) is 4.79 Å². The molecular formula is C24H23F2N3O3. The van der Waals surface area contributed by atoms with Crippen molar-refractivity contribution >= 4 is 28.5 Å². The molecule has 0 spiro atoms. The van der Waals surface area contributed by atoms with Gasteiger partial charge in [-0.2, -0.15) is 0 Å². The molecule has 32 heavy (non-hydrogen) atoms. The molecule has 0 aliphatic carbocycles. The fourth-order valence-electron chi connectivity index (χ4n) is 4.06. The molecule has 6 nitrogen and oxygen atoms in total. The second-order valence-electron chi connectivity index (χ2n) is 8.72. The summed E-state index contributed by atoms with van der Waals surface area (Å²) in [6, 6.07) is 6.69. The standard InChI is InChI=1S/C24H23F2N3O3/c1-13(2)32-23(31)16-11-29(22(30)14-7-8-17(25)18(26)10-14)12-24(3,4)19-15-6-5-9-27-21(15)28-20(16)19/h5-11,13H,12H2,1-4H3,(H,27,28). The van der Waals surface area contributed by atoms with Crippen LogP contribution in [0.5, 0.6) is 0 Å². The SMILES string of the molecule is CC(C)OC(=O)C1=CN(C(=O)c2ccc(F)c(F)c2)CC(C)(C)c2c1[nH]c1ncccc21. The minimum Gasteiger partial charge on any atom is -0.459 e. The van der Waals surface area contributed by atoms with Gasteiger partial charge in [0.1, 0.15) is 5.65 Å². The van der Waals surface area contributed by atoms with Crippen molar-refractivity contribution in [3.63, 3.8) is 0 Å². The van der Waals surface area contributed by atoms with Crippen LogP contribution in [-0.2, 0) is 14.9 Å². The van der Waals surface area contributed by atoms with Gasteiger partial charge >= 0.3 is 5.97 Å². The number of aromatic amines is 1. The first-order chi connectivity index (χ1) is 15.1. The number of amides is 1. The molecule has 166 valence electrons. The number of pyridine rings is 1. The van der Waals surface area contributed by atoms with Gasteiger partial charge in [-0.15, -0.1) is 0 Å². The average molecular weight is 439 g/mol. The summed E-state index contributed by atoms with van der Waals surface area (Å²) in [5.41, 5.74) is 1.50. The smallest absolute Gasteiger partial charge is 0.342 e. The fraction of sp³-hybridized carbons (Fsp3) is 0.292. The van der Waals surface area contributed by atoms with Crippen molar-refractivity contribution in [3.8, 4) is 0 Å². The zero-order chi connectivity index (χ0) is 23.2. The number of carbonyl (C=O) groups excluding carboxylic acids is 2. The van der Waals surface area contributed by atoms with Crippen molar-refractivity contribution in [1.29, 1.82) is 0 Å². The number of hydrogen-bond donors (Lipinski definition) is 1. The summed E-state index contributed by atoms with van der Waals surface area (Å²) in [7, 11) is 0. The predicted octanol–water partition coefficient (Wildman–Crippen LogP) is 4.57. The first kappa shape index (κ1) is 21.7. The van der Waals surface area contributed by atoms with Crippen LogP contribution >= 0.6 is 0 Å². The Morgan fingerprint density at radius 1 is 1.19 bits per heavy atom. The summed E-state index contributed by atoms with van der Waals surface area (Å²) in [6.45, 7) is 7.55. The van der Waals surface area contributed by atoms with Crippen LogP contribution in [0.3, 0.4) is 0 Å². The molecule has 1 aromatic carbocycles. The van der Waals surface area contributed by atoms with Gasteiger partial charge in [0.2, 0.25) is 0 Å². The number of benzene rings is 1. The molecule has 0 unspecified atom stereocenters. The first-order valence-electron chi connectivity index (χ1n) is 10.2. The van der Waals surface area contributed by atoms with E-state index in [9.17, 15) is 18.4 Å². The van der Waals surface area contributed by atoms with Crippen LogP contribution < -0.4 is 0 Å². The second kappa shape index (κ2) is 7.85. The summed E-state index contributed by atoms with van der Waals surface area (Å²) in [5.74, 6) is -3.31. The van der Waals surface area contributed by atoms with E-state index in [0.29, 0.717) is 11.3 Å². The lowest BCUT2D eigenvalue weighted by molar-refractivity contribution is -0.140. The molecule has 0 saturated heterocycles. The molecule has 0 atom stereocenters. The summed E-state index contributed by atoms with van der Waals surface area (Å²) in [6.07, 6.45) is 2.69. The maximum Gasteiger partial charge on any atom is 0.342 e. The van der Waals surface area contributed by atoms with Crippen LogP contribution in [0.4, 0.5) is 8.78 Å². The Kier molecular flexibility index (Phi) is 5.32. The van der Waals surface area contributed by atoms with E-state index in [0.717, 1.165) is 23.1 Å². The maximum atomic E-state index is 13.8. The molecule has 1 aliphatic heterocycles. The first-order valence-corrected chi connectivity index (χ1v) is 10.2. The Morgan fingerprint density at radius 3 is 2.62 bits per heavy atom. The molecule has 3 aromatic rings. The lowest BCUT2D eigenvalue weighted by atomic mass is 9.82. The van der Waals surface area contributed by atoms with Crippen molar-refractivity contribution in [2.24, 2.45) is 0 Å². The molecule has 4 rings (SSSR count). The van der Waals surface area contributed by atoms with Crippen molar-refractivity contribution in [2.45, 2.75) is 39.2 Å². The number of fused-ring (bicyclic) bond motifs is 3. The van der Waals surface area contributed by atoms with Crippen molar-refractivity contribution in [2.75, 3.05) is 6.54 Å². The van der Waals surface area contributed by atoms with E-state index in [1.165, 1.54) is 17.2 Å². The van der Waals surface area contributed by atoms with Crippen LogP contribution in [0.15, 0.2) is 42.7 Å². The molecule has 3 heterocycles. The maximum absolute atomic E-state index is 13.8. The summed E-state index contributed by atoms with van der Waals surface area (Å²) in [5, 5.41) is 0.831. The third-order valence-corrected chi connectivity index (χ3v) is 5.36. The molecular weight excluding hydrogens is 416 g/mol. The zero-order valence-electron chi connectivity index (χ0n) is 18.2. The van der Waals surface area contributed by atoms with E-state index < -0.39 is 28.9 Å². The molecule has 0 bridgehead atoms. The van der Waals surface area contributed by atoms with E-state index in [1.54, 1.807) is 26.1 Å². The Bertz CT molecular complexity index is 1260. The molecule has 2 aromatic heterocycles. The van der Waals surface area contributed by atoms with Gasteiger partial charge in [0.15, 0.2) is 11.6 Å². The van der Waals surface area contributed by atoms with E-state index in [1.807, 2.05) is 19.9 Å². The van der Waals surface area contributed by atoms with Crippen LogP contribution in [0.1, 0.15) is 49.3 Å². The topological polar surface area (TPSA) is 75.3 Å². The third kappa shape index (κ3) is 3.77. The summed E-state index contributed by atoms with van der Waals surface area (Å²) >= 11 is 0. The normalized spacial score (nSPS) is 15.3. The van der Waals surface area contributed by atoms with Gasteiger partial charge in [-0.05, 0) is 49.7 Å². The van der Waals surface area contributed by atoms with Gasteiger partial charge in [-0.1, -0.05) is 13.8 Å². The lowest BCUT2D eigenvalue weighted by Gasteiger charge is -2.29. The summed E-state index contributed by atoms with van der Waals surface area (Å²) in [4.78, 5) is 35.2. The number of carbonyl (C=O) groups is 2. The van der Waals surface area contributed by atoms with Crippen molar-refractivity contribution in [3.05, 3.63) is 71.2 Å².